The summed E-state index contributed by atoms with van der Waals surface area (Å²) in [7, 11) is 0. The molecule has 0 radical (unpaired) electrons. The molecule has 2 aromatic rings. The summed E-state index contributed by atoms with van der Waals surface area (Å²) in [6, 6.07) is 10.6. The highest BCUT2D eigenvalue weighted by Gasteiger charge is 2.19. The molecule has 1 fully saturated rings. The Bertz CT molecular complexity index is 679. The zero-order chi connectivity index (χ0) is 15.5. The van der Waals surface area contributed by atoms with E-state index < -0.39 is 0 Å². The number of hydrogen-bond donors (Lipinski definition) is 0. The Labute approximate surface area is 137 Å². The van der Waals surface area contributed by atoms with E-state index in [-0.39, 0.29) is 0 Å². The van der Waals surface area contributed by atoms with E-state index in [1.807, 2.05) is 30.5 Å². The van der Waals surface area contributed by atoms with Gasteiger partial charge >= 0.3 is 0 Å². The van der Waals surface area contributed by atoms with Crippen molar-refractivity contribution in [3.8, 4) is 0 Å². The van der Waals surface area contributed by atoms with Gasteiger partial charge in [-0.2, -0.15) is 0 Å². The van der Waals surface area contributed by atoms with Crippen molar-refractivity contribution in [1.29, 1.82) is 0 Å². The van der Waals surface area contributed by atoms with E-state index in [0.29, 0.717) is 6.04 Å². The summed E-state index contributed by atoms with van der Waals surface area (Å²) < 4.78 is 2.51. The third kappa shape index (κ3) is 3.27. The molecule has 3 rings (SSSR count). The molecule has 1 saturated carbocycles. The maximum atomic E-state index is 6.01. The minimum absolute atomic E-state index is 0.669. The van der Waals surface area contributed by atoms with Crippen LogP contribution in [0.15, 0.2) is 35.3 Å². The molecule has 1 heterocycles. The minimum Gasteiger partial charge on any atom is -0.345 e. The van der Waals surface area contributed by atoms with Crippen LogP contribution in [0.2, 0.25) is 5.02 Å². The monoisotopic (exact) mass is 314 g/mol. The van der Waals surface area contributed by atoms with E-state index >= 15 is 0 Å². The van der Waals surface area contributed by atoms with Crippen LogP contribution < -0.4 is 0 Å². The predicted molar refractivity (Wildman–Crippen MR) is 94.7 cm³/mol. The van der Waals surface area contributed by atoms with Gasteiger partial charge in [-0.1, -0.05) is 36.9 Å². The van der Waals surface area contributed by atoms with Crippen molar-refractivity contribution in [1.82, 2.24) is 4.57 Å². The van der Waals surface area contributed by atoms with Gasteiger partial charge in [-0.15, -0.1) is 0 Å². The van der Waals surface area contributed by atoms with E-state index in [9.17, 15) is 0 Å². The van der Waals surface area contributed by atoms with Crippen LogP contribution in [0, 0.1) is 13.8 Å². The van der Waals surface area contributed by atoms with Crippen LogP contribution in [0.5, 0.6) is 0 Å². The van der Waals surface area contributed by atoms with Crippen LogP contribution in [0.1, 0.15) is 55.1 Å². The predicted octanol–water partition coefficient (Wildman–Crippen LogP) is 6.01. The fraction of sp³-hybridized carbons (Fsp3) is 0.421. The molecule has 0 N–H and O–H groups in total. The molecule has 1 aromatic carbocycles. The first kappa shape index (κ1) is 15.4. The van der Waals surface area contributed by atoms with E-state index in [4.69, 9.17) is 11.6 Å². The summed E-state index contributed by atoms with van der Waals surface area (Å²) in [4.78, 5) is 4.57. The number of nitrogens with zero attached hydrogens (tertiary/aromatic N) is 2. The van der Waals surface area contributed by atoms with Crippen molar-refractivity contribution < 1.29 is 0 Å². The first-order valence-corrected chi connectivity index (χ1v) is 8.51. The molecule has 22 heavy (non-hydrogen) atoms. The standard InChI is InChI=1S/C19H23ClN2/c1-14-11-16(13-21-18-8-6-7-17(20)12-18)15(2)22(14)19-9-4-3-5-10-19/h6-8,11-13,19H,3-5,9-10H2,1-2H3. The lowest BCUT2D eigenvalue weighted by molar-refractivity contribution is 0.346. The fourth-order valence-corrected chi connectivity index (χ4v) is 3.72. The van der Waals surface area contributed by atoms with Crippen LogP contribution in [0.25, 0.3) is 0 Å². The normalized spacial score (nSPS) is 16.5. The van der Waals surface area contributed by atoms with E-state index in [1.54, 1.807) is 0 Å². The zero-order valence-electron chi connectivity index (χ0n) is 13.3. The van der Waals surface area contributed by atoms with Gasteiger partial charge in [0.25, 0.3) is 0 Å². The smallest absolute Gasteiger partial charge is 0.0644 e. The number of rotatable bonds is 3. The van der Waals surface area contributed by atoms with Crippen LogP contribution in [0.4, 0.5) is 5.69 Å². The molecule has 0 spiro atoms. The van der Waals surface area contributed by atoms with Gasteiger partial charge < -0.3 is 4.57 Å². The SMILES string of the molecule is Cc1cc(C=Nc2cccc(Cl)c2)c(C)n1C1CCCCC1. The molecular weight excluding hydrogens is 292 g/mol. The van der Waals surface area contributed by atoms with Crippen LogP contribution in [0.3, 0.4) is 0 Å². The number of aliphatic imine (C=N–C) groups is 1. The van der Waals surface area contributed by atoms with Gasteiger partial charge in [0.05, 0.1) is 5.69 Å². The Morgan fingerprint density at radius 1 is 1.14 bits per heavy atom. The molecule has 0 atom stereocenters. The average molecular weight is 315 g/mol. The summed E-state index contributed by atoms with van der Waals surface area (Å²) in [6.45, 7) is 4.42. The van der Waals surface area contributed by atoms with Gasteiger partial charge in [-0.05, 0) is 51.0 Å². The number of aryl methyl sites for hydroxylation is 1. The third-order valence-electron chi connectivity index (χ3n) is 4.62. The third-order valence-corrected chi connectivity index (χ3v) is 4.86. The van der Waals surface area contributed by atoms with Gasteiger partial charge in [-0.25, -0.2) is 0 Å². The first-order valence-electron chi connectivity index (χ1n) is 8.13. The Balaban J connectivity index is 1.85. The molecular formula is C19H23ClN2. The van der Waals surface area contributed by atoms with Crippen molar-refractivity contribution in [2.24, 2.45) is 4.99 Å². The second kappa shape index (κ2) is 6.70. The fourth-order valence-electron chi connectivity index (χ4n) is 3.53. The Kier molecular flexibility index (Phi) is 4.68. The Morgan fingerprint density at radius 2 is 1.91 bits per heavy atom. The molecule has 0 saturated heterocycles. The molecule has 0 bridgehead atoms. The Hall–Kier alpha value is -1.54. The van der Waals surface area contributed by atoms with Crippen molar-refractivity contribution in [3.05, 3.63) is 52.3 Å². The van der Waals surface area contributed by atoms with E-state index in [0.717, 1.165) is 10.7 Å². The molecule has 1 aromatic heterocycles. The van der Waals surface area contributed by atoms with Crippen molar-refractivity contribution in [2.75, 3.05) is 0 Å². The molecule has 0 aliphatic heterocycles. The van der Waals surface area contributed by atoms with Gasteiger partial charge in [0.1, 0.15) is 0 Å². The lowest BCUT2D eigenvalue weighted by Gasteiger charge is -2.26. The maximum Gasteiger partial charge on any atom is 0.0644 e. The molecule has 0 unspecified atom stereocenters. The molecule has 3 heteroatoms. The summed E-state index contributed by atoms with van der Waals surface area (Å²) in [5, 5.41) is 0.724. The van der Waals surface area contributed by atoms with Crippen molar-refractivity contribution >= 4 is 23.5 Å². The number of hydrogen-bond acceptors (Lipinski definition) is 1. The molecule has 116 valence electrons. The van der Waals surface area contributed by atoms with Gasteiger partial charge in [0.15, 0.2) is 0 Å². The highest BCUT2D eigenvalue weighted by molar-refractivity contribution is 6.30. The second-order valence-electron chi connectivity index (χ2n) is 6.23. The maximum absolute atomic E-state index is 6.01. The topological polar surface area (TPSA) is 17.3 Å². The number of benzene rings is 1. The quantitative estimate of drug-likeness (QED) is 0.617. The van der Waals surface area contributed by atoms with Crippen molar-refractivity contribution in [2.45, 2.75) is 52.0 Å². The zero-order valence-corrected chi connectivity index (χ0v) is 14.1. The van der Waals surface area contributed by atoms with E-state index in [1.165, 1.54) is 49.1 Å². The molecule has 2 nitrogen and oxygen atoms in total. The highest BCUT2D eigenvalue weighted by atomic mass is 35.5. The molecule has 0 amide bonds. The van der Waals surface area contributed by atoms with Crippen LogP contribution in [-0.4, -0.2) is 10.8 Å². The minimum atomic E-state index is 0.669. The first-order chi connectivity index (χ1) is 10.6. The lowest BCUT2D eigenvalue weighted by Crippen LogP contribution is -2.15. The van der Waals surface area contributed by atoms with Crippen LogP contribution >= 0.6 is 11.6 Å². The lowest BCUT2D eigenvalue weighted by atomic mass is 9.95. The van der Waals surface area contributed by atoms with Gasteiger partial charge in [0.2, 0.25) is 0 Å². The summed E-state index contributed by atoms with van der Waals surface area (Å²) in [5.74, 6) is 0. The average Bonchev–Trinajstić information content (AvgIpc) is 2.80. The van der Waals surface area contributed by atoms with Gasteiger partial charge in [-0.3, -0.25) is 4.99 Å². The number of halogens is 1. The van der Waals surface area contributed by atoms with E-state index in [2.05, 4.69) is 29.5 Å². The van der Waals surface area contributed by atoms with Crippen LogP contribution in [-0.2, 0) is 0 Å². The number of aromatic nitrogens is 1. The molecule has 1 aliphatic rings. The molecule has 1 aliphatic carbocycles. The van der Waals surface area contributed by atoms with Gasteiger partial charge in [0, 0.05) is 34.2 Å². The summed E-state index contributed by atoms with van der Waals surface area (Å²) in [5.41, 5.74) is 4.78. The second-order valence-corrected chi connectivity index (χ2v) is 6.66. The van der Waals surface area contributed by atoms with Crippen molar-refractivity contribution in [3.63, 3.8) is 0 Å². The summed E-state index contributed by atoms with van der Waals surface area (Å²) >= 11 is 6.01. The largest absolute Gasteiger partial charge is 0.345 e. The Morgan fingerprint density at radius 3 is 2.64 bits per heavy atom. The summed E-state index contributed by atoms with van der Waals surface area (Å²) in [6.07, 6.45) is 8.68. The highest BCUT2D eigenvalue weighted by Crippen LogP contribution is 2.32.